The third kappa shape index (κ3) is 6.47. The summed E-state index contributed by atoms with van der Waals surface area (Å²) >= 11 is 0. The number of aromatic nitrogens is 1. The highest BCUT2D eigenvalue weighted by Gasteiger charge is 2.22. The molecule has 0 bridgehead atoms. The monoisotopic (exact) mass is 419 g/mol. The number of piperidine rings is 1. The molecule has 0 N–H and O–H groups in total. The molecule has 1 atom stereocenters. The highest BCUT2D eigenvalue weighted by atomic mass is 16.5. The Morgan fingerprint density at radius 2 is 1.87 bits per heavy atom. The van der Waals surface area contributed by atoms with Crippen molar-refractivity contribution in [1.29, 1.82) is 0 Å². The van der Waals surface area contributed by atoms with Crippen molar-refractivity contribution >= 4 is 13.7 Å². The smallest absolute Gasteiger partial charge is 0.183 e. The second-order valence-electron chi connectivity index (χ2n) is 8.98. The number of nitrogens with zero attached hydrogens (tertiary/aromatic N) is 3. The van der Waals surface area contributed by atoms with Crippen LogP contribution in [0.25, 0.3) is 0 Å². The van der Waals surface area contributed by atoms with E-state index in [0.717, 1.165) is 62.9 Å². The molecule has 5 nitrogen and oxygen atoms in total. The summed E-state index contributed by atoms with van der Waals surface area (Å²) in [7, 11) is 6.00. The summed E-state index contributed by atoms with van der Waals surface area (Å²) in [6.45, 7) is 7.37. The summed E-state index contributed by atoms with van der Waals surface area (Å²) in [5.41, 5.74) is 3.70. The molecule has 6 heteroatoms. The second-order valence-corrected chi connectivity index (χ2v) is 8.98. The molecule has 4 rings (SSSR count). The number of rotatable bonds is 9. The van der Waals surface area contributed by atoms with Crippen molar-refractivity contribution in [3.63, 3.8) is 0 Å². The zero-order valence-corrected chi connectivity index (χ0v) is 18.7. The van der Waals surface area contributed by atoms with Crippen molar-refractivity contribution in [2.75, 3.05) is 37.7 Å². The standard InChI is InChI=1S/C25H34BN3O2/c1-20-4-6-22(7-5-20)18-30-14-10-21-8-12-28(13-9-21)24-15-25(17-27-16-24)31-19-23-3-2-11-29(23)26/h4-7,15-17,21,23H,2-3,8-14,18-19H2,1H3/t23-/m0/s1. The van der Waals surface area contributed by atoms with E-state index < -0.39 is 0 Å². The van der Waals surface area contributed by atoms with Gasteiger partial charge in [-0.05, 0) is 57.1 Å². The Bertz CT molecular complexity index is 809. The number of ether oxygens (including phenoxy) is 2. The third-order valence-corrected chi connectivity index (χ3v) is 6.60. The quantitative estimate of drug-likeness (QED) is 0.451. The molecule has 0 unspecified atom stereocenters. The van der Waals surface area contributed by atoms with Crippen molar-refractivity contribution < 1.29 is 9.47 Å². The zero-order valence-electron chi connectivity index (χ0n) is 18.7. The minimum atomic E-state index is 0.313. The lowest BCUT2D eigenvalue weighted by Crippen LogP contribution is -2.34. The summed E-state index contributed by atoms with van der Waals surface area (Å²) in [6, 6.07) is 11.0. The van der Waals surface area contributed by atoms with Gasteiger partial charge in [0, 0.05) is 31.8 Å². The molecule has 2 aromatic rings. The number of anilines is 1. The fraction of sp³-hybridized carbons (Fsp3) is 0.560. The molecule has 0 amide bonds. The molecule has 164 valence electrons. The number of pyridine rings is 1. The number of benzene rings is 1. The molecule has 0 saturated carbocycles. The molecule has 0 spiro atoms. The largest absolute Gasteiger partial charge is 0.490 e. The van der Waals surface area contributed by atoms with Crippen LogP contribution in [-0.4, -0.2) is 56.7 Å². The Kier molecular flexibility index (Phi) is 7.87. The number of hydrogen-bond donors (Lipinski definition) is 0. The van der Waals surface area contributed by atoms with Crippen LogP contribution in [0.1, 0.15) is 43.2 Å². The van der Waals surface area contributed by atoms with E-state index in [9.17, 15) is 0 Å². The van der Waals surface area contributed by atoms with Gasteiger partial charge in [-0.2, -0.15) is 0 Å². The van der Waals surface area contributed by atoms with Gasteiger partial charge in [0.1, 0.15) is 12.4 Å². The lowest BCUT2D eigenvalue weighted by atomic mass is 9.94. The van der Waals surface area contributed by atoms with Gasteiger partial charge in [0.05, 0.1) is 24.7 Å². The molecule has 2 aliphatic heterocycles. The van der Waals surface area contributed by atoms with E-state index in [0.29, 0.717) is 19.3 Å². The first-order valence-corrected chi connectivity index (χ1v) is 11.6. The van der Waals surface area contributed by atoms with Crippen LogP contribution >= 0.6 is 0 Å². The van der Waals surface area contributed by atoms with Gasteiger partial charge in [-0.15, -0.1) is 0 Å². The van der Waals surface area contributed by atoms with E-state index in [1.54, 1.807) is 6.20 Å². The molecule has 2 aliphatic rings. The van der Waals surface area contributed by atoms with E-state index in [2.05, 4.69) is 47.1 Å². The van der Waals surface area contributed by atoms with Gasteiger partial charge in [0.25, 0.3) is 0 Å². The summed E-state index contributed by atoms with van der Waals surface area (Å²) in [5, 5.41) is 0. The molecule has 3 heterocycles. The Morgan fingerprint density at radius 3 is 2.61 bits per heavy atom. The van der Waals surface area contributed by atoms with E-state index >= 15 is 0 Å². The number of aryl methyl sites for hydroxylation is 1. The van der Waals surface area contributed by atoms with Crippen molar-refractivity contribution in [2.24, 2.45) is 5.92 Å². The van der Waals surface area contributed by atoms with Crippen LogP contribution in [0.5, 0.6) is 5.75 Å². The van der Waals surface area contributed by atoms with Crippen LogP contribution in [0.3, 0.4) is 0 Å². The van der Waals surface area contributed by atoms with Gasteiger partial charge < -0.3 is 19.2 Å². The average molecular weight is 419 g/mol. The zero-order chi connectivity index (χ0) is 21.5. The maximum Gasteiger partial charge on any atom is 0.183 e. The van der Waals surface area contributed by atoms with Crippen molar-refractivity contribution in [1.82, 2.24) is 9.79 Å². The first-order valence-electron chi connectivity index (χ1n) is 11.6. The van der Waals surface area contributed by atoms with Gasteiger partial charge in [-0.25, -0.2) is 0 Å². The average Bonchev–Trinajstić information content (AvgIpc) is 3.22. The van der Waals surface area contributed by atoms with Gasteiger partial charge in [0.15, 0.2) is 7.98 Å². The van der Waals surface area contributed by atoms with Crippen molar-refractivity contribution in [3.8, 4) is 5.75 Å². The SMILES string of the molecule is [B]N1CCC[C@H]1COc1cncc(N2CCC(CCOCc3ccc(C)cc3)CC2)c1. The van der Waals surface area contributed by atoms with Gasteiger partial charge >= 0.3 is 0 Å². The van der Waals surface area contributed by atoms with Crippen LogP contribution in [0.4, 0.5) is 5.69 Å². The fourth-order valence-corrected chi connectivity index (χ4v) is 4.49. The first kappa shape index (κ1) is 22.2. The van der Waals surface area contributed by atoms with E-state index in [1.165, 1.54) is 24.0 Å². The predicted molar refractivity (Wildman–Crippen MR) is 126 cm³/mol. The Labute approximate surface area is 188 Å². The summed E-state index contributed by atoms with van der Waals surface area (Å²) in [6.07, 6.45) is 9.53. The van der Waals surface area contributed by atoms with Crippen LogP contribution in [0.2, 0.25) is 0 Å². The highest BCUT2D eigenvalue weighted by molar-refractivity contribution is 6.04. The van der Waals surface area contributed by atoms with Crippen LogP contribution in [-0.2, 0) is 11.3 Å². The molecule has 1 aromatic heterocycles. The fourth-order valence-electron chi connectivity index (χ4n) is 4.49. The summed E-state index contributed by atoms with van der Waals surface area (Å²) in [4.78, 5) is 8.73. The van der Waals surface area contributed by atoms with Crippen LogP contribution in [0, 0.1) is 12.8 Å². The molecule has 1 aromatic carbocycles. The highest BCUT2D eigenvalue weighted by Crippen LogP contribution is 2.27. The Balaban J connectivity index is 1.16. The van der Waals surface area contributed by atoms with Gasteiger partial charge in [-0.3, -0.25) is 4.98 Å². The minimum Gasteiger partial charge on any atom is -0.490 e. The summed E-state index contributed by atoms with van der Waals surface area (Å²) in [5.74, 6) is 1.57. The lowest BCUT2D eigenvalue weighted by molar-refractivity contribution is 0.104. The Morgan fingerprint density at radius 1 is 1.06 bits per heavy atom. The molecular formula is C25H34BN3O2. The second kappa shape index (κ2) is 11.0. The van der Waals surface area contributed by atoms with E-state index in [4.69, 9.17) is 17.5 Å². The third-order valence-electron chi connectivity index (χ3n) is 6.60. The van der Waals surface area contributed by atoms with Gasteiger partial charge in [0.2, 0.25) is 0 Å². The maximum absolute atomic E-state index is 6.00. The van der Waals surface area contributed by atoms with Crippen molar-refractivity contribution in [3.05, 3.63) is 53.9 Å². The van der Waals surface area contributed by atoms with E-state index in [-0.39, 0.29) is 0 Å². The topological polar surface area (TPSA) is 37.8 Å². The van der Waals surface area contributed by atoms with Crippen molar-refractivity contribution in [2.45, 2.75) is 51.7 Å². The molecule has 2 radical (unpaired) electrons. The lowest BCUT2D eigenvalue weighted by Gasteiger charge is -2.33. The Hall–Kier alpha value is -2.05. The normalized spacial score (nSPS) is 20.3. The minimum absolute atomic E-state index is 0.313. The molecule has 0 aliphatic carbocycles. The predicted octanol–water partition coefficient (Wildman–Crippen LogP) is 4.14. The molecule has 2 fully saturated rings. The molecule has 31 heavy (non-hydrogen) atoms. The first-order chi connectivity index (χ1) is 15.2. The van der Waals surface area contributed by atoms with Crippen LogP contribution in [0.15, 0.2) is 42.7 Å². The van der Waals surface area contributed by atoms with Crippen LogP contribution < -0.4 is 9.64 Å². The molecular weight excluding hydrogens is 385 g/mol. The maximum atomic E-state index is 6.00. The van der Waals surface area contributed by atoms with E-state index in [1.807, 2.05) is 11.0 Å². The van der Waals surface area contributed by atoms with Gasteiger partial charge in [-0.1, -0.05) is 29.8 Å². The summed E-state index contributed by atoms with van der Waals surface area (Å²) < 4.78 is 11.9. The molecule has 2 saturated heterocycles. The number of hydrogen-bond acceptors (Lipinski definition) is 5.